The highest BCUT2D eigenvalue weighted by molar-refractivity contribution is 5.87. The van der Waals surface area contributed by atoms with Gasteiger partial charge in [-0.3, -0.25) is 4.98 Å². The predicted octanol–water partition coefficient (Wildman–Crippen LogP) is 2.93. The highest BCUT2D eigenvalue weighted by Crippen LogP contribution is 2.28. The molecule has 20 heavy (non-hydrogen) atoms. The average Bonchev–Trinajstić information content (AvgIpc) is 2.46. The molecule has 3 rings (SSSR count). The van der Waals surface area contributed by atoms with Gasteiger partial charge in [-0.25, -0.2) is 0 Å². The molecule has 2 aromatic rings. The lowest BCUT2D eigenvalue weighted by Crippen LogP contribution is -2.21. The highest BCUT2D eigenvalue weighted by atomic mass is 16.5. The van der Waals surface area contributed by atoms with Crippen LogP contribution in [0.2, 0.25) is 0 Å². The molecule has 1 saturated heterocycles. The van der Waals surface area contributed by atoms with Gasteiger partial charge in [0.2, 0.25) is 0 Å². The molecule has 1 aromatic heterocycles. The van der Waals surface area contributed by atoms with Crippen LogP contribution in [0.3, 0.4) is 0 Å². The van der Waals surface area contributed by atoms with Crippen molar-refractivity contribution in [1.29, 1.82) is 0 Å². The van der Waals surface area contributed by atoms with Crippen molar-refractivity contribution in [3.8, 4) is 5.75 Å². The molecule has 2 N–H and O–H groups in total. The molecule has 0 atom stereocenters. The van der Waals surface area contributed by atoms with Crippen LogP contribution in [0.1, 0.15) is 18.5 Å². The highest BCUT2D eigenvalue weighted by Gasteiger charge is 2.15. The van der Waals surface area contributed by atoms with Gasteiger partial charge >= 0.3 is 0 Å². The topological polar surface area (TPSA) is 57.4 Å². The van der Waals surface area contributed by atoms with Crippen molar-refractivity contribution < 1.29 is 9.47 Å². The average molecular weight is 272 g/mol. The fourth-order valence-corrected chi connectivity index (χ4v) is 2.58. The van der Waals surface area contributed by atoms with Crippen LogP contribution in [0.5, 0.6) is 5.75 Å². The molecule has 4 nitrogen and oxygen atoms in total. The lowest BCUT2D eigenvalue weighted by molar-refractivity contribution is 0.0500. The molecule has 0 bridgehead atoms. The van der Waals surface area contributed by atoms with Crippen LogP contribution in [0, 0.1) is 12.8 Å². The summed E-state index contributed by atoms with van der Waals surface area (Å²) in [7, 11) is 0. The molecule has 1 aromatic carbocycles. The Morgan fingerprint density at radius 2 is 2.10 bits per heavy atom. The number of anilines is 1. The van der Waals surface area contributed by atoms with Gasteiger partial charge in [0.25, 0.3) is 0 Å². The number of pyridine rings is 1. The van der Waals surface area contributed by atoms with Gasteiger partial charge < -0.3 is 15.2 Å². The van der Waals surface area contributed by atoms with Crippen molar-refractivity contribution in [2.45, 2.75) is 19.8 Å². The van der Waals surface area contributed by atoms with Gasteiger partial charge in [-0.2, -0.15) is 0 Å². The molecule has 0 amide bonds. The number of nitrogens with two attached hydrogens (primary N) is 1. The minimum Gasteiger partial charge on any atom is -0.493 e. The van der Waals surface area contributed by atoms with Gasteiger partial charge in [0, 0.05) is 36.0 Å². The first-order valence-corrected chi connectivity index (χ1v) is 7.10. The molecule has 106 valence electrons. The maximum absolute atomic E-state index is 6.04. The summed E-state index contributed by atoms with van der Waals surface area (Å²) in [4.78, 5) is 4.52. The Kier molecular flexibility index (Phi) is 3.74. The fourth-order valence-electron chi connectivity index (χ4n) is 2.58. The van der Waals surface area contributed by atoms with E-state index in [9.17, 15) is 0 Å². The van der Waals surface area contributed by atoms with E-state index in [1.54, 1.807) is 0 Å². The summed E-state index contributed by atoms with van der Waals surface area (Å²) in [5.74, 6) is 1.46. The van der Waals surface area contributed by atoms with E-state index in [1.165, 1.54) is 0 Å². The second kappa shape index (κ2) is 5.67. The second-order valence-electron chi connectivity index (χ2n) is 5.41. The van der Waals surface area contributed by atoms with Gasteiger partial charge in [-0.1, -0.05) is 0 Å². The van der Waals surface area contributed by atoms with E-state index < -0.39 is 0 Å². The number of benzene rings is 1. The molecule has 0 spiro atoms. The fraction of sp³-hybridized carbons (Fsp3) is 0.438. The zero-order valence-corrected chi connectivity index (χ0v) is 11.8. The van der Waals surface area contributed by atoms with Crippen molar-refractivity contribution >= 4 is 16.6 Å². The second-order valence-corrected chi connectivity index (χ2v) is 5.41. The molecule has 2 heterocycles. The molecule has 0 unspecified atom stereocenters. The van der Waals surface area contributed by atoms with Crippen molar-refractivity contribution in [3.05, 3.63) is 30.0 Å². The zero-order valence-electron chi connectivity index (χ0n) is 11.8. The summed E-state index contributed by atoms with van der Waals surface area (Å²) >= 11 is 0. The lowest BCUT2D eigenvalue weighted by atomic mass is 10.0. The Labute approximate surface area is 118 Å². The summed E-state index contributed by atoms with van der Waals surface area (Å²) in [5, 5.41) is 0.989. The van der Waals surface area contributed by atoms with Crippen LogP contribution in [0.15, 0.2) is 24.3 Å². The number of fused-ring (bicyclic) bond motifs is 1. The molecule has 1 aliphatic rings. The Morgan fingerprint density at radius 1 is 1.30 bits per heavy atom. The van der Waals surface area contributed by atoms with Crippen LogP contribution in [-0.2, 0) is 4.74 Å². The minimum atomic E-state index is 0.577. The van der Waals surface area contributed by atoms with Crippen molar-refractivity contribution in [1.82, 2.24) is 4.98 Å². The van der Waals surface area contributed by atoms with Crippen LogP contribution in [0.25, 0.3) is 10.9 Å². The van der Waals surface area contributed by atoms with E-state index in [2.05, 4.69) is 4.98 Å². The van der Waals surface area contributed by atoms with Crippen molar-refractivity contribution in [2.75, 3.05) is 25.6 Å². The Balaban J connectivity index is 1.83. The molecule has 0 radical (unpaired) electrons. The normalized spacial score (nSPS) is 16.4. The number of hydrogen-bond acceptors (Lipinski definition) is 4. The first kappa shape index (κ1) is 13.2. The number of aryl methyl sites for hydroxylation is 1. The number of aromatic nitrogens is 1. The molecular formula is C16H20N2O2. The largest absolute Gasteiger partial charge is 0.493 e. The summed E-state index contributed by atoms with van der Waals surface area (Å²) in [6.07, 6.45) is 2.15. The molecule has 0 aliphatic carbocycles. The standard InChI is InChI=1S/C16H20N2O2/c1-11-8-16(20-10-12-4-6-19-7-5-12)14-9-13(17)2-3-15(14)18-11/h2-3,8-9,12H,4-7,10,17H2,1H3. The Hall–Kier alpha value is -1.81. The predicted molar refractivity (Wildman–Crippen MR) is 79.9 cm³/mol. The third-order valence-corrected chi connectivity index (χ3v) is 3.74. The van der Waals surface area contributed by atoms with Crippen LogP contribution >= 0.6 is 0 Å². The maximum Gasteiger partial charge on any atom is 0.130 e. The number of nitrogen functional groups attached to an aromatic ring is 1. The van der Waals surface area contributed by atoms with Crippen LogP contribution in [-0.4, -0.2) is 24.8 Å². The third kappa shape index (κ3) is 2.85. The van der Waals surface area contributed by atoms with Gasteiger partial charge in [0.05, 0.1) is 12.1 Å². The SMILES string of the molecule is Cc1cc(OCC2CCOCC2)c2cc(N)ccc2n1. The van der Waals surface area contributed by atoms with Gasteiger partial charge in [-0.15, -0.1) is 0 Å². The van der Waals surface area contributed by atoms with E-state index >= 15 is 0 Å². The van der Waals surface area contributed by atoms with Crippen LogP contribution in [0.4, 0.5) is 5.69 Å². The van der Waals surface area contributed by atoms with E-state index in [1.807, 2.05) is 31.2 Å². The minimum absolute atomic E-state index is 0.577. The zero-order chi connectivity index (χ0) is 13.9. The maximum atomic E-state index is 6.04. The van der Waals surface area contributed by atoms with E-state index in [0.29, 0.717) is 5.92 Å². The molecule has 1 aliphatic heterocycles. The molecule has 4 heteroatoms. The third-order valence-electron chi connectivity index (χ3n) is 3.74. The summed E-state index contributed by atoms with van der Waals surface area (Å²) in [5.41, 5.74) is 8.50. The summed E-state index contributed by atoms with van der Waals surface area (Å²) < 4.78 is 11.4. The number of rotatable bonds is 3. The first-order valence-electron chi connectivity index (χ1n) is 7.10. The van der Waals surface area contributed by atoms with Crippen molar-refractivity contribution in [3.63, 3.8) is 0 Å². The Bertz CT molecular complexity index is 607. The molecule has 1 fully saturated rings. The van der Waals surface area contributed by atoms with Crippen molar-refractivity contribution in [2.24, 2.45) is 5.92 Å². The number of ether oxygens (including phenoxy) is 2. The Morgan fingerprint density at radius 3 is 2.90 bits per heavy atom. The quantitative estimate of drug-likeness (QED) is 0.873. The molecular weight excluding hydrogens is 252 g/mol. The van der Waals surface area contributed by atoms with E-state index in [0.717, 1.165) is 60.7 Å². The lowest BCUT2D eigenvalue weighted by Gasteiger charge is -2.22. The van der Waals surface area contributed by atoms with Gasteiger partial charge in [0.1, 0.15) is 5.75 Å². The monoisotopic (exact) mass is 272 g/mol. The summed E-state index contributed by atoms with van der Waals surface area (Å²) in [6.45, 7) is 4.40. The van der Waals surface area contributed by atoms with Gasteiger partial charge in [-0.05, 0) is 43.9 Å². The summed E-state index contributed by atoms with van der Waals surface area (Å²) in [6, 6.07) is 7.73. The first-order chi connectivity index (χ1) is 9.72. The van der Waals surface area contributed by atoms with Crippen LogP contribution < -0.4 is 10.5 Å². The molecule has 0 saturated carbocycles. The van der Waals surface area contributed by atoms with E-state index in [4.69, 9.17) is 15.2 Å². The number of nitrogens with zero attached hydrogens (tertiary/aromatic N) is 1. The van der Waals surface area contributed by atoms with E-state index in [-0.39, 0.29) is 0 Å². The smallest absolute Gasteiger partial charge is 0.130 e. The van der Waals surface area contributed by atoms with Gasteiger partial charge in [0.15, 0.2) is 0 Å². The number of hydrogen-bond donors (Lipinski definition) is 1.